The number of hydrogen-bond donors (Lipinski definition) is 0. The smallest absolute Gasteiger partial charge is 0.205 e. The van der Waals surface area contributed by atoms with Gasteiger partial charge in [-0.25, -0.2) is 18.4 Å². The molecule has 3 heterocycles. The number of aromatic nitrogens is 3. The van der Waals surface area contributed by atoms with Crippen molar-refractivity contribution < 1.29 is 8.42 Å². The van der Waals surface area contributed by atoms with Crippen LogP contribution in [0.5, 0.6) is 0 Å². The zero-order valence-electron chi connectivity index (χ0n) is 13.8. The fraction of sp³-hybridized carbons (Fsp3) is 0.533. The lowest BCUT2D eigenvalue weighted by Crippen LogP contribution is -2.32. The predicted octanol–water partition coefficient (Wildman–Crippen LogP) is 1.62. The minimum absolute atomic E-state index is 0.294. The molecule has 0 saturated carbocycles. The maximum atomic E-state index is 12.0. The minimum Gasteiger partial charge on any atom is -0.354 e. The van der Waals surface area contributed by atoms with Crippen LogP contribution in [-0.4, -0.2) is 55.2 Å². The molecule has 1 fully saturated rings. The Morgan fingerprint density at radius 3 is 2.67 bits per heavy atom. The van der Waals surface area contributed by atoms with E-state index in [1.165, 1.54) is 17.8 Å². The van der Waals surface area contributed by atoms with Crippen LogP contribution in [0.15, 0.2) is 23.2 Å². The number of nitrogens with zero attached hydrogens (tertiary/aromatic N) is 5. The molecule has 24 heavy (non-hydrogen) atoms. The number of pyridine rings is 1. The normalized spacial score (nSPS) is 16.2. The molecule has 0 aromatic carbocycles. The molecule has 0 N–H and O–H groups in total. The van der Waals surface area contributed by atoms with Gasteiger partial charge in [0.1, 0.15) is 16.5 Å². The fourth-order valence-electron chi connectivity index (χ4n) is 2.75. The van der Waals surface area contributed by atoms with Crippen molar-refractivity contribution in [2.75, 3.05) is 42.2 Å². The third-order valence-electron chi connectivity index (χ3n) is 3.99. The van der Waals surface area contributed by atoms with E-state index in [0.717, 1.165) is 43.4 Å². The van der Waals surface area contributed by atoms with Gasteiger partial charge < -0.3 is 9.80 Å². The summed E-state index contributed by atoms with van der Waals surface area (Å²) in [6.07, 6.45) is 4.62. The monoisotopic (exact) mass is 367 g/mol. The zero-order chi connectivity index (χ0) is 17.2. The Balaban J connectivity index is 1.79. The molecule has 0 bridgehead atoms. The van der Waals surface area contributed by atoms with Gasteiger partial charge in [-0.1, -0.05) is 6.92 Å². The van der Waals surface area contributed by atoms with Gasteiger partial charge in [0.05, 0.1) is 0 Å². The lowest BCUT2D eigenvalue weighted by molar-refractivity contribution is 0.600. The van der Waals surface area contributed by atoms with Crippen molar-refractivity contribution in [2.24, 2.45) is 0 Å². The van der Waals surface area contributed by atoms with Gasteiger partial charge >= 0.3 is 0 Å². The number of anilines is 2. The first kappa shape index (κ1) is 17.1. The molecular formula is C15H21N5O2S2. The Morgan fingerprint density at radius 2 is 1.96 bits per heavy atom. The van der Waals surface area contributed by atoms with Crippen molar-refractivity contribution in [3.63, 3.8) is 0 Å². The molecule has 0 aliphatic carbocycles. The molecule has 0 atom stereocenters. The Kier molecular flexibility index (Phi) is 5.00. The van der Waals surface area contributed by atoms with E-state index in [4.69, 9.17) is 0 Å². The molecule has 7 nitrogen and oxygen atoms in total. The third kappa shape index (κ3) is 3.67. The maximum absolute atomic E-state index is 12.0. The summed E-state index contributed by atoms with van der Waals surface area (Å²) in [5.41, 5.74) is 0. The second-order valence-electron chi connectivity index (χ2n) is 5.77. The molecule has 1 aliphatic heterocycles. The molecule has 1 saturated heterocycles. The topological polar surface area (TPSA) is 79.3 Å². The molecule has 1 aliphatic rings. The van der Waals surface area contributed by atoms with Crippen LogP contribution in [0.1, 0.15) is 19.2 Å². The summed E-state index contributed by atoms with van der Waals surface area (Å²) in [5.74, 6) is 1.42. The summed E-state index contributed by atoms with van der Waals surface area (Å²) in [6, 6.07) is 3.29. The van der Waals surface area contributed by atoms with Crippen molar-refractivity contribution in [2.45, 2.75) is 24.7 Å². The highest BCUT2D eigenvalue weighted by Gasteiger charge is 2.23. The van der Waals surface area contributed by atoms with Crippen LogP contribution in [0.3, 0.4) is 0 Å². The van der Waals surface area contributed by atoms with Crippen molar-refractivity contribution in [3.8, 4) is 0 Å². The van der Waals surface area contributed by atoms with Gasteiger partial charge in [0.2, 0.25) is 5.13 Å². The van der Waals surface area contributed by atoms with E-state index in [-0.39, 0.29) is 0 Å². The fourth-order valence-corrected chi connectivity index (χ4v) is 4.39. The van der Waals surface area contributed by atoms with Gasteiger partial charge in [0.25, 0.3) is 0 Å². The highest BCUT2D eigenvalue weighted by Crippen LogP contribution is 2.25. The van der Waals surface area contributed by atoms with Crippen LogP contribution >= 0.6 is 11.5 Å². The van der Waals surface area contributed by atoms with Crippen LogP contribution in [0.2, 0.25) is 0 Å². The second kappa shape index (κ2) is 7.02. The van der Waals surface area contributed by atoms with E-state index in [1.807, 2.05) is 6.92 Å². The quantitative estimate of drug-likeness (QED) is 0.812. The first-order valence-electron chi connectivity index (χ1n) is 7.96. The van der Waals surface area contributed by atoms with Crippen LogP contribution in [0, 0.1) is 0 Å². The Labute approximate surface area is 146 Å². The molecule has 2 aromatic heterocycles. The molecule has 0 radical (unpaired) electrons. The first-order valence-corrected chi connectivity index (χ1v) is 10.6. The average molecular weight is 368 g/mol. The summed E-state index contributed by atoms with van der Waals surface area (Å²) < 4.78 is 28.4. The van der Waals surface area contributed by atoms with Gasteiger partial charge in [-0.2, -0.15) is 4.37 Å². The van der Waals surface area contributed by atoms with E-state index in [2.05, 4.69) is 24.1 Å². The minimum atomic E-state index is -3.30. The van der Waals surface area contributed by atoms with Crippen molar-refractivity contribution >= 4 is 32.3 Å². The van der Waals surface area contributed by atoms with E-state index in [9.17, 15) is 8.42 Å². The standard InChI is InChI=1S/C15H21N5O2S2/c1-3-13-17-15(23-18-13)20-9-5-8-19(10-11-20)14-12(24(2,21)22)6-4-7-16-14/h4,6-7H,3,5,8-11H2,1-2H3. The van der Waals surface area contributed by atoms with Crippen LogP contribution in [-0.2, 0) is 16.3 Å². The van der Waals surface area contributed by atoms with Gasteiger partial charge in [0, 0.05) is 56.6 Å². The van der Waals surface area contributed by atoms with E-state index in [1.54, 1.807) is 18.3 Å². The first-order chi connectivity index (χ1) is 11.5. The predicted molar refractivity (Wildman–Crippen MR) is 95.7 cm³/mol. The van der Waals surface area contributed by atoms with Crippen molar-refractivity contribution in [1.82, 2.24) is 14.3 Å². The van der Waals surface area contributed by atoms with Gasteiger partial charge in [-0.3, -0.25) is 0 Å². The maximum Gasteiger partial charge on any atom is 0.205 e. The van der Waals surface area contributed by atoms with E-state index in [0.29, 0.717) is 17.3 Å². The Morgan fingerprint density at radius 1 is 1.21 bits per heavy atom. The molecule has 0 spiro atoms. The van der Waals surface area contributed by atoms with Crippen molar-refractivity contribution in [1.29, 1.82) is 0 Å². The number of hydrogen-bond acceptors (Lipinski definition) is 8. The molecule has 3 rings (SSSR count). The summed E-state index contributed by atoms with van der Waals surface area (Å²) in [4.78, 5) is 13.5. The van der Waals surface area contributed by atoms with Gasteiger partial charge in [0.15, 0.2) is 9.84 Å². The highest BCUT2D eigenvalue weighted by molar-refractivity contribution is 7.90. The highest BCUT2D eigenvalue weighted by atomic mass is 32.2. The molecule has 0 unspecified atom stereocenters. The van der Waals surface area contributed by atoms with Crippen molar-refractivity contribution in [3.05, 3.63) is 24.2 Å². The average Bonchev–Trinajstić information content (AvgIpc) is 2.91. The van der Waals surface area contributed by atoms with Crippen LogP contribution in [0.4, 0.5) is 10.9 Å². The summed E-state index contributed by atoms with van der Waals surface area (Å²) in [5, 5.41) is 0.943. The van der Waals surface area contributed by atoms with E-state index < -0.39 is 9.84 Å². The zero-order valence-corrected chi connectivity index (χ0v) is 15.5. The number of rotatable bonds is 4. The molecular weight excluding hydrogens is 346 g/mol. The lowest BCUT2D eigenvalue weighted by atomic mass is 10.3. The molecule has 9 heteroatoms. The number of sulfone groups is 1. The van der Waals surface area contributed by atoms with Crippen LogP contribution in [0.25, 0.3) is 0 Å². The van der Waals surface area contributed by atoms with E-state index >= 15 is 0 Å². The summed E-state index contributed by atoms with van der Waals surface area (Å²) in [6.45, 7) is 5.19. The summed E-state index contributed by atoms with van der Waals surface area (Å²) >= 11 is 1.43. The Hall–Kier alpha value is -1.74. The largest absolute Gasteiger partial charge is 0.354 e. The lowest BCUT2D eigenvalue weighted by Gasteiger charge is -2.23. The van der Waals surface area contributed by atoms with Gasteiger partial charge in [-0.15, -0.1) is 0 Å². The second-order valence-corrected chi connectivity index (χ2v) is 8.49. The SMILES string of the molecule is CCc1nsc(N2CCCN(c3ncccc3S(C)(=O)=O)CC2)n1. The summed E-state index contributed by atoms with van der Waals surface area (Å²) in [7, 11) is -3.30. The van der Waals surface area contributed by atoms with Crippen LogP contribution < -0.4 is 9.80 Å². The number of aryl methyl sites for hydroxylation is 1. The Bertz CT molecular complexity index is 806. The molecule has 2 aromatic rings. The molecule has 130 valence electrons. The third-order valence-corrected chi connectivity index (χ3v) is 5.92. The van der Waals surface area contributed by atoms with Gasteiger partial charge in [-0.05, 0) is 18.6 Å². The molecule has 0 amide bonds.